The molecule has 4 nitrogen and oxygen atoms in total. The fraction of sp³-hybridized carbons (Fsp3) is 0.769. The predicted octanol–water partition coefficient (Wildman–Crippen LogP) is 1.44. The van der Waals surface area contributed by atoms with Gasteiger partial charge in [0.1, 0.15) is 5.82 Å². The second-order valence-electron chi connectivity index (χ2n) is 5.44. The highest BCUT2D eigenvalue weighted by atomic mass is 15.2. The Morgan fingerprint density at radius 3 is 2.76 bits per heavy atom. The zero-order chi connectivity index (χ0) is 11.8. The molecule has 3 rings (SSSR count). The molecule has 0 spiro atoms. The van der Waals surface area contributed by atoms with E-state index in [9.17, 15) is 0 Å². The molecule has 1 saturated carbocycles. The van der Waals surface area contributed by atoms with Gasteiger partial charge in [-0.1, -0.05) is 12.8 Å². The minimum atomic E-state index is 0.579. The Kier molecular flexibility index (Phi) is 2.92. The summed E-state index contributed by atoms with van der Waals surface area (Å²) in [5.41, 5.74) is 8.32. The third kappa shape index (κ3) is 1.89. The molecule has 1 fully saturated rings. The van der Waals surface area contributed by atoms with Crippen molar-refractivity contribution in [2.45, 2.75) is 51.2 Å². The molecule has 0 bridgehead atoms. The summed E-state index contributed by atoms with van der Waals surface area (Å²) in [7, 11) is 2.17. The Morgan fingerprint density at radius 2 is 2.06 bits per heavy atom. The van der Waals surface area contributed by atoms with Gasteiger partial charge < -0.3 is 10.3 Å². The molecule has 0 atom stereocenters. The predicted molar refractivity (Wildman–Crippen MR) is 67.7 cm³/mol. The summed E-state index contributed by atoms with van der Waals surface area (Å²) in [6.07, 6.45) is 5.36. The van der Waals surface area contributed by atoms with Crippen LogP contribution in [0.4, 0.5) is 0 Å². The SMILES string of the molecule is CN1CCn2c(C3CCCC3)nc(CN)c2C1. The normalized spacial score (nSPS) is 22.0. The lowest BCUT2D eigenvalue weighted by Gasteiger charge is -2.26. The number of fused-ring (bicyclic) bond motifs is 1. The van der Waals surface area contributed by atoms with Gasteiger partial charge in [-0.25, -0.2) is 4.98 Å². The molecular formula is C13H22N4. The van der Waals surface area contributed by atoms with Crippen molar-refractivity contribution in [1.29, 1.82) is 0 Å². The van der Waals surface area contributed by atoms with Gasteiger partial charge >= 0.3 is 0 Å². The van der Waals surface area contributed by atoms with E-state index in [0.29, 0.717) is 12.5 Å². The molecule has 0 saturated heterocycles. The lowest BCUT2D eigenvalue weighted by Crippen LogP contribution is -2.31. The van der Waals surface area contributed by atoms with E-state index in [4.69, 9.17) is 10.7 Å². The highest BCUT2D eigenvalue weighted by molar-refractivity contribution is 5.21. The van der Waals surface area contributed by atoms with Crippen LogP contribution < -0.4 is 5.73 Å². The van der Waals surface area contributed by atoms with E-state index in [0.717, 1.165) is 25.3 Å². The molecule has 1 aliphatic heterocycles. The number of hydrogen-bond acceptors (Lipinski definition) is 3. The van der Waals surface area contributed by atoms with Gasteiger partial charge in [0.2, 0.25) is 0 Å². The second kappa shape index (κ2) is 4.42. The summed E-state index contributed by atoms with van der Waals surface area (Å²) in [4.78, 5) is 7.19. The van der Waals surface area contributed by atoms with Crippen LogP contribution in [0.3, 0.4) is 0 Å². The first kappa shape index (κ1) is 11.2. The van der Waals surface area contributed by atoms with Crippen LogP contribution >= 0.6 is 0 Å². The number of rotatable bonds is 2. The van der Waals surface area contributed by atoms with E-state index in [-0.39, 0.29) is 0 Å². The summed E-state index contributed by atoms with van der Waals surface area (Å²) in [5, 5.41) is 0. The number of hydrogen-bond donors (Lipinski definition) is 1. The first-order valence-electron chi connectivity index (χ1n) is 6.76. The van der Waals surface area contributed by atoms with Crippen molar-refractivity contribution >= 4 is 0 Å². The largest absolute Gasteiger partial charge is 0.329 e. The summed E-state index contributed by atoms with van der Waals surface area (Å²) in [5.74, 6) is 2.02. The zero-order valence-corrected chi connectivity index (χ0v) is 10.7. The maximum Gasteiger partial charge on any atom is 0.112 e. The highest BCUT2D eigenvalue weighted by Crippen LogP contribution is 2.35. The molecule has 0 aromatic carbocycles. The highest BCUT2D eigenvalue weighted by Gasteiger charge is 2.27. The van der Waals surface area contributed by atoms with E-state index in [1.807, 2.05) is 0 Å². The minimum absolute atomic E-state index is 0.579. The first-order valence-corrected chi connectivity index (χ1v) is 6.76. The van der Waals surface area contributed by atoms with Gasteiger partial charge in [0.05, 0.1) is 11.4 Å². The minimum Gasteiger partial charge on any atom is -0.329 e. The topological polar surface area (TPSA) is 47.1 Å². The monoisotopic (exact) mass is 234 g/mol. The molecule has 0 unspecified atom stereocenters. The van der Waals surface area contributed by atoms with Crippen LogP contribution in [0.5, 0.6) is 0 Å². The van der Waals surface area contributed by atoms with E-state index < -0.39 is 0 Å². The van der Waals surface area contributed by atoms with E-state index in [2.05, 4.69) is 16.5 Å². The van der Waals surface area contributed by atoms with Crippen molar-refractivity contribution in [3.63, 3.8) is 0 Å². The third-order valence-corrected chi connectivity index (χ3v) is 4.22. The Hall–Kier alpha value is -0.870. The van der Waals surface area contributed by atoms with Gasteiger partial charge in [-0.2, -0.15) is 0 Å². The van der Waals surface area contributed by atoms with E-state index in [1.165, 1.54) is 37.2 Å². The van der Waals surface area contributed by atoms with Crippen LogP contribution in [-0.2, 0) is 19.6 Å². The fourth-order valence-electron chi connectivity index (χ4n) is 3.25. The molecule has 0 amide bonds. The molecule has 94 valence electrons. The molecule has 0 radical (unpaired) electrons. The molecule has 1 aromatic rings. The second-order valence-corrected chi connectivity index (χ2v) is 5.44. The maximum atomic E-state index is 5.84. The van der Waals surface area contributed by atoms with Crippen molar-refractivity contribution in [1.82, 2.24) is 14.5 Å². The van der Waals surface area contributed by atoms with Crippen molar-refractivity contribution in [3.8, 4) is 0 Å². The fourth-order valence-corrected chi connectivity index (χ4v) is 3.25. The molecular weight excluding hydrogens is 212 g/mol. The van der Waals surface area contributed by atoms with Crippen molar-refractivity contribution < 1.29 is 0 Å². The van der Waals surface area contributed by atoms with Gasteiger partial charge in [-0.3, -0.25) is 4.90 Å². The number of aromatic nitrogens is 2. The molecule has 1 aliphatic carbocycles. The van der Waals surface area contributed by atoms with E-state index >= 15 is 0 Å². The van der Waals surface area contributed by atoms with Crippen LogP contribution in [-0.4, -0.2) is 28.0 Å². The number of nitrogens with two attached hydrogens (primary N) is 1. The lowest BCUT2D eigenvalue weighted by molar-refractivity contribution is 0.264. The molecule has 17 heavy (non-hydrogen) atoms. The van der Waals surface area contributed by atoms with Crippen molar-refractivity contribution in [2.24, 2.45) is 5.73 Å². The number of likely N-dealkylation sites (N-methyl/N-ethyl adjacent to an activating group) is 1. The average Bonchev–Trinajstić information content (AvgIpc) is 2.94. The summed E-state index contributed by atoms with van der Waals surface area (Å²) in [6.45, 7) is 3.81. The van der Waals surface area contributed by atoms with Gasteiger partial charge in [0, 0.05) is 32.1 Å². The molecule has 2 aliphatic rings. The standard InChI is InChI=1S/C13H22N4/c1-16-6-7-17-12(9-16)11(8-14)15-13(17)10-4-2-3-5-10/h10H,2-9,14H2,1H3. The Labute approximate surface area is 103 Å². The van der Waals surface area contributed by atoms with Crippen LogP contribution in [0, 0.1) is 0 Å². The van der Waals surface area contributed by atoms with Gasteiger partial charge in [0.25, 0.3) is 0 Å². The quantitative estimate of drug-likeness (QED) is 0.842. The van der Waals surface area contributed by atoms with Crippen LogP contribution in [0.15, 0.2) is 0 Å². The third-order valence-electron chi connectivity index (χ3n) is 4.22. The molecule has 4 heteroatoms. The Bertz CT molecular complexity index is 404. The van der Waals surface area contributed by atoms with Gasteiger partial charge in [-0.15, -0.1) is 0 Å². The van der Waals surface area contributed by atoms with Crippen molar-refractivity contribution in [2.75, 3.05) is 13.6 Å². The van der Waals surface area contributed by atoms with Crippen LogP contribution in [0.1, 0.15) is 48.8 Å². The van der Waals surface area contributed by atoms with Crippen LogP contribution in [0.2, 0.25) is 0 Å². The van der Waals surface area contributed by atoms with Gasteiger partial charge in [0.15, 0.2) is 0 Å². The Morgan fingerprint density at radius 1 is 1.29 bits per heavy atom. The number of nitrogens with zero attached hydrogens (tertiary/aromatic N) is 3. The number of imidazole rings is 1. The maximum absolute atomic E-state index is 5.84. The average molecular weight is 234 g/mol. The molecule has 2 N–H and O–H groups in total. The first-order chi connectivity index (χ1) is 8.29. The molecule has 1 aromatic heterocycles. The summed E-state index contributed by atoms with van der Waals surface area (Å²) in [6, 6.07) is 0. The molecule has 2 heterocycles. The zero-order valence-electron chi connectivity index (χ0n) is 10.7. The summed E-state index contributed by atoms with van der Waals surface area (Å²) >= 11 is 0. The smallest absolute Gasteiger partial charge is 0.112 e. The Balaban J connectivity index is 1.98. The van der Waals surface area contributed by atoms with Crippen LogP contribution in [0.25, 0.3) is 0 Å². The lowest BCUT2D eigenvalue weighted by atomic mass is 10.1. The van der Waals surface area contributed by atoms with Gasteiger partial charge in [-0.05, 0) is 19.9 Å². The summed E-state index contributed by atoms with van der Waals surface area (Å²) < 4.78 is 2.46. The van der Waals surface area contributed by atoms with E-state index in [1.54, 1.807) is 0 Å². The van der Waals surface area contributed by atoms with Crippen molar-refractivity contribution in [3.05, 3.63) is 17.2 Å².